The molecule has 1 aliphatic carbocycles. The van der Waals surface area contributed by atoms with Crippen LogP contribution in [-0.2, 0) is 0 Å². The first-order chi connectivity index (χ1) is 16.4. The molecule has 5 heteroatoms. The standard InChI is InChI=1S/C29H28F4O/c1-3-5-18-6-8-19(9-7-18)22-14-15-23(27(31)26(22)30)20-10-12-21(13-11-20)24-16-17-25(34-4-2)29(33)28(24)32/h3,5-9,14-17,20-21H,4,10-13H2,1-2H3/b5-3+. The molecule has 0 aliphatic heterocycles. The van der Waals surface area contributed by atoms with Gasteiger partial charge in [-0.25, -0.2) is 13.2 Å². The first kappa shape index (κ1) is 24.1. The van der Waals surface area contributed by atoms with Crippen LogP contribution in [-0.4, -0.2) is 6.61 Å². The van der Waals surface area contributed by atoms with Crippen LogP contribution in [0.25, 0.3) is 17.2 Å². The summed E-state index contributed by atoms with van der Waals surface area (Å²) in [5.41, 5.74) is 2.51. The average molecular weight is 469 g/mol. The van der Waals surface area contributed by atoms with Gasteiger partial charge in [-0.2, -0.15) is 4.39 Å². The van der Waals surface area contributed by atoms with E-state index in [0.29, 0.717) is 42.4 Å². The molecular formula is C29H28F4O. The van der Waals surface area contributed by atoms with Gasteiger partial charge in [0, 0.05) is 5.56 Å². The van der Waals surface area contributed by atoms with E-state index in [0.717, 1.165) is 5.56 Å². The molecule has 3 aromatic rings. The third kappa shape index (κ3) is 4.75. The van der Waals surface area contributed by atoms with E-state index in [4.69, 9.17) is 4.74 Å². The van der Waals surface area contributed by atoms with E-state index in [-0.39, 0.29) is 29.8 Å². The van der Waals surface area contributed by atoms with Crippen LogP contribution in [0.15, 0.2) is 54.6 Å². The number of hydrogen-bond donors (Lipinski definition) is 0. The Morgan fingerprint density at radius 1 is 0.735 bits per heavy atom. The molecule has 3 aromatic carbocycles. The van der Waals surface area contributed by atoms with E-state index in [1.165, 1.54) is 6.07 Å². The fourth-order valence-corrected chi connectivity index (χ4v) is 4.91. The Morgan fingerprint density at radius 2 is 1.29 bits per heavy atom. The summed E-state index contributed by atoms with van der Waals surface area (Å²) in [6, 6.07) is 13.6. The van der Waals surface area contributed by atoms with E-state index in [9.17, 15) is 13.2 Å². The first-order valence-electron chi connectivity index (χ1n) is 11.8. The zero-order valence-electron chi connectivity index (χ0n) is 19.4. The van der Waals surface area contributed by atoms with Crippen molar-refractivity contribution >= 4 is 6.08 Å². The van der Waals surface area contributed by atoms with Gasteiger partial charge in [-0.1, -0.05) is 54.6 Å². The summed E-state index contributed by atoms with van der Waals surface area (Å²) in [6.07, 6.45) is 6.15. The van der Waals surface area contributed by atoms with Crippen molar-refractivity contribution in [3.05, 3.63) is 94.6 Å². The molecule has 178 valence electrons. The molecule has 0 bridgehead atoms. The van der Waals surface area contributed by atoms with Gasteiger partial charge in [-0.15, -0.1) is 0 Å². The summed E-state index contributed by atoms with van der Waals surface area (Å²) < 4.78 is 64.1. The summed E-state index contributed by atoms with van der Waals surface area (Å²) in [5, 5.41) is 0. The second kappa shape index (κ2) is 10.5. The highest BCUT2D eigenvalue weighted by molar-refractivity contribution is 5.67. The number of halogens is 4. The highest BCUT2D eigenvalue weighted by Gasteiger charge is 2.29. The first-order valence-corrected chi connectivity index (χ1v) is 11.8. The van der Waals surface area contributed by atoms with Crippen LogP contribution in [0.1, 0.15) is 68.1 Å². The molecule has 0 spiro atoms. The predicted molar refractivity (Wildman–Crippen MR) is 128 cm³/mol. The van der Waals surface area contributed by atoms with E-state index in [2.05, 4.69) is 0 Å². The van der Waals surface area contributed by atoms with Crippen molar-refractivity contribution in [2.24, 2.45) is 0 Å². The van der Waals surface area contributed by atoms with Gasteiger partial charge in [0.25, 0.3) is 0 Å². The summed E-state index contributed by atoms with van der Waals surface area (Å²) >= 11 is 0. The maximum Gasteiger partial charge on any atom is 0.200 e. The van der Waals surface area contributed by atoms with Gasteiger partial charge in [0.1, 0.15) is 0 Å². The number of rotatable bonds is 6. The fraction of sp³-hybridized carbons (Fsp3) is 0.310. The molecule has 0 heterocycles. The third-order valence-corrected chi connectivity index (χ3v) is 6.68. The zero-order valence-corrected chi connectivity index (χ0v) is 19.4. The van der Waals surface area contributed by atoms with Crippen molar-refractivity contribution < 1.29 is 22.3 Å². The second-order valence-corrected chi connectivity index (χ2v) is 8.71. The lowest BCUT2D eigenvalue weighted by Gasteiger charge is -2.30. The summed E-state index contributed by atoms with van der Waals surface area (Å²) in [4.78, 5) is 0. The summed E-state index contributed by atoms with van der Waals surface area (Å²) in [6.45, 7) is 3.88. The molecule has 1 aliphatic rings. The van der Waals surface area contributed by atoms with Crippen molar-refractivity contribution in [2.75, 3.05) is 6.61 Å². The molecule has 4 rings (SSSR count). The molecule has 0 saturated heterocycles. The van der Waals surface area contributed by atoms with Crippen molar-refractivity contribution in [2.45, 2.75) is 51.4 Å². The second-order valence-electron chi connectivity index (χ2n) is 8.71. The maximum atomic E-state index is 15.1. The molecule has 1 nitrogen and oxygen atoms in total. The maximum absolute atomic E-state index is 15.1. The largest absolute Gasteiger partial charge is 0.491 e. The molecule has 1 fully saturated rings. The van der Waals surface area contributed by atoms with Gasteiger partial charge < -0.3 is 4.74 Å². The quantitative estimate of drug-likeness (QED) is 0.329. The minimum Gasteiger partial charge on any atom is -0.491 e. The minimum absolute atomic E-state index is 0.0912. The van der Waals surface area contributed by atoms with E-state index in [1.807, 2.05) is 31.2 Å². The smallest absolute Gasteiger partial charge is 0.200 e. The van der Waals surface area contributed by atoms with Crippen LogP contribution in [0, 0.1) is 23.3 Å². The third-order valence-electron chi connectivity index (χ3n) is 6.68. The molecule has 1 saturated carbocycles. The van der Waals surface area contributed by atoms with Crippen molar-refractivity contribution in [3.8, 4) is 16.9 Å². The predicted octanol–water partition coefficient (Wildman–Crippen LogP) is 8.78. The molecule has 34 heavy (non-hydrogen) atoms. The highest BCUT2D eigenvalue weighted by atomic mass is 19.2. The van der Waals surface area contributed by atoms with Crippen molar-refractivity contribution in [1.82, 2.24) is 0 Å². The Kier molecular flexibility index (Phi) is 7.40. The SMILES string of the molecule is C/C=C/c1ccc(-c2ccc(C3CCC(c4ccc(OCC)c(F)c4F)CC3)c(F)c2F)cc1. The molecule has 0 atom stereocenters. The van der Waals surface area contributed by atoms with Gasteiger partial charge in [-0.05, 0) is 79.7 Å². The van der Waals surface area contributed by atoms with Gasteiger partial charge in [0.05, 0.1) is 6.61 Å². The van der Waals surface area contributed by atoms with Gasteiger partial charge >= 0.3 is 0 Å². The van der Waals surface area contributed by atoms with Crippen LogP contribution in [0.2, 0.25) is 0 Å². The molecule has 0 amide bonds. The average Bonchev–Trinajstić information content (AvgIpc) is 2.85. The molecule has 0 unspecified atom stereocenters. The lowest BCUT2D eigenvalue weighted by atomic mass is 9.75. The van der Waals surface area contributed by atoms with Crippen LogP contribution in [0.5, 0.6) is 5.75 Å². The Morgan fingerprint density at radius 3 is 1.85 bits per heavy atom. The number of benzene rings is 3. The van der Waals surface area contributed by atoms with Crippen LogP contribution < -0.4 is 4.74 Å². The monoisotopic (exact) mass is 468 g/mol. The van der Waals surface area contributed by atoms with Crippen molar-refractivity contribution in [1.29, 1.82) is 0 Å². The number of allylic oxidation sites excluding steroid dienone is 1. The fourth-order valence-electron chi connectivity index (χ4n) is 4.91. The molecule has 0 radical (unpaired) electrons. The highest BCUT2D eigenvalue weighted by Crippen LogP contribution is 2.43. The van der Waals surface area contributed by atoms with E-state index in [1.54, 1.807) is 37.3 Å². The lowest BCUT2D eigenvalue weighted by Crippen LogP contribution is -2.15. The van der Waals surface area contributed by atoms with Crippen molar-refractivity contribution in [3.63, 3.8) is 0 Å². The van der Waals surface area contributed by atoms with E-state index < -0.39 is 23.3 Å². The number of ether oxygens (including phenoxy) is 1. The normalized spacial score (nSPS) is 18.4. The van der Waals surface area contributed by atoms with Crippen LogP contribution in [0.3, 0.4) is 0 Å². The molecule has 0 aromatic heterocycles. The zero-order chi connectivity index (χ0) is 24.2. The van der Waals surface area contributed by atoms with Gasteiger partial charge in [-0.3, -0.25) is 0 Å². The topological polar surface area (TPSA) is 9.23 Å². The molecular weight excluding hydrogens is 440 g/mol. The Balaban J connectivity index is 1.50. The van der Waals surface area contributed by atoms with Crippen LogP contribution in [0.4, 0.5) is 17.6 Å². The van der Waals surface area contributed by atoms with Gasteiger partial charge in [0.2, 0.25) is 5.82 Å². The number of hydrogen-bond acceptors (Lipinski definition) is 1. The Labute approximate surface area is 198 Å². The summed E-state index contributed by atoms with van der Waals surface area (Å²) in [5.74, 6) is -3.93. The van der Waals surface area contributed by atoms with Gasteiger partial charge in [0.15, 0.2) is 23.2 Å². The minimum atomic E-state index is -0.969. The van der Waals surface area contributed by atoms with E-state index >= 15 is 4.39 Å². The van der Waals surface area contributed by atoms with Crippen LogP contribution >= 0.6 is 0 Å². The Hall–Kier alpha value is -3.08. The summed E-state index contributed by atoms with van der Waals surface area (Å²) in [7, 11) is 0. The lowest BCUT2D eigenvalue weighted by molar-refractivity contribution is 0.310. The Bertz CT molecular complexity index is 1180. The molecule has 0 N–H and O–H groups in total.